The van der Waals surface area contributed by atoms with Crippen LogP contribution in [0, 0.1) is 0 Å². The van der Waals surface area contributed by atoms with Gasteiger partial charge in [0.25, 0.3) is 10.0 Å². The molecule has 1 aromatic heterocycles. The molecular weight excluding hydrogens is 298 g/mol. The van der Waals surface area contributed by atoms with E-state index in [1.54, 1.807) is 10.9 Å². The van der Waals surface area contributed by atoms with Gasteiger partial charge in [-0.05, 0) is 56.7 Å². The fourth-order valence-corrected chi connectivity index (χ4v) is 3.85. The van der Waals surface area contributed by atoms with Gasteiger partial charge in [0.05, 0.1) is 11.9 Å². The first kappa shape index (κ1) is 15.1. The number of nitrogens with zero attached hydrogens (tertiary/aromatic N) is 2. The maximum Gasteiger partial charge on any atom is 0.265 e. The van der Waals surface area contributed by atoms with Crippen molar-refractivity contribution < 1.29 is 8.42 Å². The van der Waals surface area contributed by atoms with Crippen molar-refractivity contribution >= 4 is 15.7 Å². The van der Waals surface area contributed by atoms with Gasteiger partial charge in [-0.3, -0.25) is 9.40 Å². The lowest BCUT2D eigenvalue weighted by molar-refractivity contribution is 0.531. The molecule has 0 atom stereocenters. The van der Waals surface area contributed by atoms with E-state index in [0.29, 0.717) is 5.69 Å². The number of hydrogen-bond donors (Lipinski definition) is 1. The van der Waals surface area contributed by atoms with Gasteiger partial charge in [-0.15, -0.1) is 0 Å². The molecule has 5 nitrogen and oxygen atoms in total. The summed E-state index contributed by atoms with van der Waals surface area (Å²) in [5.74, 6) is 0. The Morgan fingerprint density at radius 3 is 2.73 bits per heavy atom. The number of anilines is 1. The quantitative estimate of drug-likeness (QED) is 0.941. The summed E-state index contributed by atoms with van der Waals surface area (Å²) in [6, 6.07) is 5.98. The van der Waals surface area contributed by atoms with Crippen LogP contribution in [0.4, 0.5) is 5.69 Å². The number of aromatic nitrogens is 2. The van der Waals surface area contributed by atoms with Gasteiger partial charge >= 0.3 is 0 Å². The normalized spacial score (nSPS) is 14.9. The molecule has 0 fully saturated rings. The molecule has 1 aromatic carbocycles. The second-order valence-electron chi connectivity index (χ2n) is 6.01. The molecule has 0 saturated heterocycles. The van der Waals surface area contributed by atoms with Crippen molar-refractivity contribution in [3.05, 3.63) is 41.7 Å². The maximum atomic E-state index is 12.6. The summed E-state index contributed by atoms with van der Waals surface area (Å²) in [5.41, 5.74) is 3.09. The summed E-state index contributed by atoms with van der Waals surface area (Å²) in [5, 5.41) is 4.11. The van der Waals surface area contributed by atoms with Gasteiger partial charge in [0.1, 0.15) is 4.90 Å². The van der Waals surface area contributed by atoms with E-state index in [9.17, 15) is 8.42 Å². The fourth-order valence-electron chi connectivity index (χ4n) is 2.82. The van der Waals surface area contributed by atoms with Gasteiger partial charge in [-0.2, -0.15) is 5.10 Å². The summed E-state index contributed by atoms with van der Waals surface area (Å²) in [7, 11) is -3.59. The number of hydrogen-bond acceptors (Lipinski definition) is 3. The smallest absolute Gasteiger partial charge is 0.265 e. The third-order valence-corrected chi connectivity index (χ3v) is 5.38. The molecule has 0 aliphatic heterocycles. The minimum atomic E-state index is -3.59. The molecule has 1 N–H and O–H groups in total. The first-order chi connectivity index (χ1) is 10.5. The van der Waals surface area contributed by atoms with Crippen LogP contribution in [0.25, 0.3) is 0 Å². The summed E-state index contributed by atoms with van der Waals surface area (Å²) in [6.07, 6.45) is 7.21. The van der Waals surface area contributed by atoms with Crippen LogP contribution in [0.3, 0.4) is 0 Å². The van der Waals surface area contributed by atoms with Gasteiger partial charge in [-0.1, -0.05) is 12.1 Å². The van der Waals surface area contributed by atoms with E-state index in [-0.39, 0.29) is 10.9 Å². The number of benzene rings is 1. The Balaban J connectivity index is 1.91. The highest BCUT2D eigenvalue weighted by Gasteiger charge is 2.20. The van der Waals surface area contributed by atoms with Gasteiger partial charge in [0.15, 0.2) is 0 Å². The number of fused-ring (bicyclic) bond motifs is 1. The highest BCUT2D eigenvalue weighted by Crippen LogP contribution is 2.29. The van der Waals surface area contributed by atoms with Crippen molar-refractivity contribution in [1.29, 1.82) is 0 Å². The minimum Gasteiger partial charge on any atom is -0.279 e. The molecule has 0 radical (unpaired) electrons. The van der Waals surface area contributed by atoms with E-state index < -0.39 is 10.0 Å². The van der Waals surface area contributed by atoms with Crippen molar-refractivity contribution in [2.45, 2.75) is 50.5 Å². The van der Waals surface area contributed by atoms with Crippen molar-refractivity contribution in [3.8, 4) is 0 Å². The first-order valence-corrected chi connectivity index (χ1v) is 9.13. The third-order valence-electron chi connectivity index (χ3n) is 4.06. The van der Waals surface area contributed by atoms with Crippen molar-refractivity contribution in [3.63, 3.8) is 0 Å². The molecule has 0 bridgehead atoms. The largest absolute Gasteiger partial charge is 0.279 e. The van der Waals surface area contributed by atoms with E-state index in [1.165, 1.54) is 18.2 Å². The zero-order valence-electron chi connectivity index (χ0n) is 12.9. The Morgan fingerprint density at radius 1 is 1.23 bits per heavy atom. The van der Waals surface area contributed by atoms with Crippen LogP contribution >= 0.6 is 0 Å². The monoisotopic (exact) mass is 319 g/mol. The van der Waals surface area contributed by atoms with Crippen LogP contribution in [0.1, 0.15) is 43.9 Å². The van der Waals surface area contributed by atoms with Crippen LogP contribution in [0.15, 0.2) is 35.5 Å². The number of sulfonamides is 1. The van der Waals surface area contributed by atoms with Gasteiger partial charge < -0.3 is 0 Å². The Morgan fingerprint density at radius 2 is 2.00 bits per heavy atom. The SMILES string of the molecule is CC(C)n1cc(S(=O)(=O)Nc2cccc3c2CCCC3)cn1. The zero-order valence-corrected chi connectivity index (χ0v) is 13.7. The number of rotatable bonds is 4. The summed E-state index contributed by atoms with van der Waals surface area (Å²) < 4.78 is 29.5. The highest BCUT2D eigenvalue weighted by atomic mass is 32.2. The lowest BCUT2D eigenvalue weighted by Crippen LogP contribution is -2.15. The topological polar surface area (TPSA) is 64.0 Å². The van der Waals surface area contributed by atoms with E-state index in [1.807, 2.05) is 26.0 Å². The lowest BCUT2D eigenvalue weighted by atomic mass is 9.91. The third kappa shape index (κ3) is 2.88. The summed E-state index contributed by atoms with van der Waals surface area (Å²) in [6.45, 7) is 3.93. The molecular formula is C16H21N3O2S. The molecule has 1 aliphatic rings. The van der Waals surface area contributed by atoms with Crippen LogP contribution in [-0.2, 0) is 22.9 Å². The van der Waals surface area contributed by atoms with E-state index in [4.69, 9.17) is 0 Å². The molecule has 22 heavy (non-hydrogen) atoms. The Labute approximate surface area is 131 Å². The maximum absolute atomic E-state index is 12.6. The van der Waals surface area contributed by atoms with Crippen molar-refractivity contribution in [2.75, 3.05) is 4.72 Å². The Hall–Kier alpha value is -1.82. The molecule has 118 valence electrons. The van der Waals surface area contributed by atoms with E-state index in [0.717, 1.165) is 24.8 Å². The summed E-state index contributed by atoms with van der Waals surface area (Å²) >= 11 is 0. The lowest BCUT2D eigenvalue weighted by Gasteiger charge is -2.19. The molecule has 1 aliphatic carbocycles. The molecule has 0 spiro atoms. The van der Waals surface area contributed by atoms with Gasteiger partial charge in [0.2, 0.25) is 0 Å². The van der Waals surface area contributed by atoms with E-state index >= 15 is 0 Å². The number of aryl methyl sites for hydroxylation is 1. The van der Waals surface area contributed by atoms with Gasteiger partial charge in [0, 0.05) is 12.2 Å². The number of nitrogens with one attached hydrogen (secondary N) is 1. The predicted molar refractivity (Wildman–Crippen MR) is 86.5 cm³/mol. The van der Waals surface area contributed by atoms with Crippen LogP contribution in [-0.4, -0.2) is 18.2 Å². The molecule has 0 amide bonds. The predicted octanol–water partition coefficient (Wildman–Crippen LogP) is 3.14. The van der Waals surface area contributed by atoms with Crippen LogP contribution < -0.4 is 4.72 Å². The Kier molecular flexibility index (Phi) is 3.95. The fraction of sp³-hybridized carbons (Fsp3) is 0.438. The Bertz CT molecular complexity index is 778. The molecule has 1 heterocycles. The average Bonchev–Trinajstić information content (AvgIpc) is 2.98. The molecule has 2 aromatic rings. The standard InChI is InChI=1S/C16H21N3O2S/c1-12(2)19-11-14(10-17-19)22(20,21)18-16-9-5-7-13-6-3-4-8-15(13)16/h5,7,9-12,18H,3-4,6,8H2,1-2H3. The zero-order chi connectivity index (χ0) is 15.7. The average molecular weight is 319 g/mol. The first-order valence-electron chi connectivity index (χ1n) is 7.65. The molecule has 0 unspecified atom stereocenters. The minimum absolute atomic E-state index is 0.133. The van der Waals surface area contributed by atoms with Crippen molar-refractivity contribution in [1.82, 2.24) is 9.78 Å². The van der Waals surface area contributed by atoms with E-state index in [2.05, 4.69) is 15.9 Å². The summed E-state index contributed by atoms with van der Waals surface area (Å²) in [4.78, 5) is 0.203. The highest BCUT2D eigenvalue weighted by molar-refractivity contribution is 7.92. The second kappa shape index (κ2) is 5.76. The molecule has 3 rings (SSSR count). The molecule has 6 heteroatoms. The van der Waals surface area contributed by atoms with Gasteiger partial charge in [-0.25, -0.2) is 8.42 Å². The van der Waals surface area contributed by atoms with Crippen LogP contribution in [0.5, 0.6) is 0 Å². The second-order valence-corrected chi connectivity index (χ2v) is 7.69. The van der Waals surface area contributed by atoms with Crippen molar-refractivity contribution in [2.24, 2.45) is 0 Å². The van der Waals surface area contributed by atoms with Crippen LogP contribution in [0.2, 0.25) is 0 Å². The molecule has 0 saturated carbocycles.